The third-order valence-corrected chi connectivity index (χ3v) is 5.82. The van der Waals surface area contributed by atoms with E-state index in [1.54, 1.807) is 0 Å². The molecule has 2 rings (SSSR count). The van der Waals surface area contributed by atoms with Gasteiger partial charge in [-0.15, -0.1) is 0 Å². The minimum atomic E-state index is -3.95. The van der Waals surface area contributed by atoms with Crippen LogP contribution in [0.15, 0.2) is 28.3 Å². The zero-order valence-electron chi connectivity index (χ0n) is 11.0. The number of nitrogens with one attached hydrogen (secondary N) is 1. The summed E-state index contributed by atoms with van der Waals surface area (Å²) >= 11 is 11.8. The van der Waals surface area contributed by atoms with Gasteiger partial charge in [0.2, 0.25) is 10.0 Å². The van der Waals surface area contributed by atoms with Crippen molar-refractivity contribution in [3.63, 3.8) is 0 Å². The highest BCUT2D eigenvalue weighted by Gasteiger charge is 2.42. The maximum absolute atomic E-state index is 12.5. The molecule has 1 aliphatic carbocycles. The van der Waals surface area contributed by atoms with E-state index < -0.39 is 15.6 Å². The van der Waals surface area contributed by atoms with E-state index in [1.807, 2.05) is 0 Å². The van der Waals surface area contributed by atoms with Gasteiger partial charge in [-0.2, -0.15) is 4.72 Å². The van der Waals surface area contributed by atoms with E-state index in [2.05, 4.69) is 9.88 Å². The molecular weight excluding hydrogens is 337 g/mol. The summed E-state index contributed by atoms with van der Waals surface area (Å²) in [6.07, 6.45) is 2.48. The molecule has 0 spiro atoms. The second-order valence-corrected chi connectivity index (χ2v) is 7.45. The predicted molar refractivity (Wildman–Crippen MR) is 81.4 cm³/mol. The van der Waals surface area contributed by atoms with Gasteiger partial charge in [-0.3, -0.25) is 0 Å². The maximum Gasteiger partial charge on any atom is 0.243 e. The van der Waals surface area contributed by atoms with Crippen LogP contribution < -0.4 is 10.5 Å². The number of nitrogens with two attached hydrogens (primary N) is 1. The van der Waals surface area contributed by atoms with Crippen molar-refractivity contribution in [1.82, 2.24) is 4.72 Å². The monoisotopic (exact) mass is 351 g/mol. The standard InChI is InChI=1S/C12H15Cl2N3O3S/c13-8-3-4-9(14)10(7-8)21(19,20)17-12(11(15)16-18)5-1-2-6-12/h3-4,7,17-18H,1-2,5-6H2,(H2,15,16). The number of amidine groups is 1. The van der Waals surface area contributed by atoms with E-state index in [4.69, 9.17) is 34.1 Å². The van der Waals surface area contributed by atoms with E-state index in [-0.39, 0.29) is 20.8 Å². The normalized spacial score (nSPS) is 18.9. The number of rotatable bonds is 4. The molecule has 0 unspecified atom stereocenters. The minimum absolute atomic E-state index is 0.0551. The van der Waals surface area contributed by atoms with Gasteiger partial charge in [0.1, 0.15) is 4.90 Å². The van der Waals surface area contributed by atoms with Crippen LogP contribution in [0.5, 0.6) is 0 Å². The van der Waals surface area contributed by atoms with Crippen molar-refractivity contribution in [2.45, 2.75) is 36.1 Å². The average molecular weight is 352 g/mol. The molecule has 1 saturated carbocycles. The molecule has 1 aromatic rings. The van der Waals surface area contributed by atoms with Gasteiger partial charge in [0.15, 0.2) is 5.84 Å². The smallest absolute Gasteiger partial charge is 0.243 e. The van der Waals surface area contributed by atoms with Crippen LogP contribution in [-0.4, -0.2) is 25.0 Å². The van der Waals surface area contributed by atoms with Crippen LogP contribution in [0.1, 0.15) is 25.7 Å². The highest BCUT2D eigenvalue weighted by molar-refractivity contribution is 7.89. The van der Waals surface area contributed by atoms with Crippen LogP contribution in [0.2, 0.25) is 10.0 Å². The van der Waals surface area contributed by atoms with Crippen molar-refractivity contribution < 1.29 is 13.6 Å². The summed E-state index contributed by atoms with van der Waals surface area (Å²) in [7, 11) is -3.95. The van der Waals surface area contributed by atoms with Gasteiger partial charge in [0.25, 0.3) is 0 Å². The average Bonchev–Trinajstić information content (AvgIpc) is 2.89. The van der Waals surface area contributed by atoms with Crippen molar-refractivity contribution in [2.24, 2.45) is 10.9 Å². The summed E-state index contributed by atoms with van der Waals surface area (Å²) in [4.78, 5) is -0.131. The van der Waals surface area contributed by atoms with E-state index >= 15 is 0 Å². The molecule has 21 heavy (non-hydrogen) atoms. The number of benzene rings is 1. The summed E-state index contributed by atoms with van der Waals surface area (Å²) in [6.45, 7) is 0. The van der Waals surface area contributed by atoms with Crippen molar-refractivity contribution in [3.05, 3.63) is 28.2 Å². The molecule has 0 radical (unpaired) electrons. The Hall–Kier alpha value is -1.02. The highest BCUT2D eigenvalue weighted by Crippen LogP contribution is 2.33. The first-order chi connectivity index (χ1) is 9.81. The van der Waals surface area contributed by atoms with Crippen molar-refractivity contribution in [1.29, 1.82) is 0 Å². The molecule has 0 bridgehead atoms. The number of hydrogen-bond donors (Lipinski definition) is 3. The van der Waals surface area contributed by atoms with E-state index in [0.717, 1.165) is 12.8 Å². The quantitative estimate of drug-likeness (QED) is 0.335. The van der Waals surface area contributed by atoms with Crippen molar-refractivity contribution >= 4 is 39.1 Å². The maximum atomic E-state index is 12.5. The van der Waals surface area contributed by atoms with Crippen molar-refractivity contribution in [2.75, 3.05) is 0 Å². The zero-order valence-corrected chi connectivity index (χ0v) is 13.3. The van der Waals surface area contributed by atoms with Gasteiger partial charge in [0.05, 0.1) is 10.6 Å². The van der Waals surface area contributed by atoms with Gasteiger partial charge in [-0.25, -0.2) is 8.42 Å². The van der Waals surface area contributed by atoms with Gasteiger partial charge < -0.3 is 10.9 Å². The molecule has 1 fully saturated rings. The molecule has 6 nitrogen and oxygen atoms in total. The topological polar surface area (TPSA) is 105 Å². The zero-order chi connectivity index (χ0) is 15.7. The summed E-state index contributed by atoms with van der Waals surface area (Å²) < 4.78 is 27.6. The lowest BCUT2D eigenvalue weighted by Gasteiger charge is -2.28. The Bertz CT molecular complexity index is 670. The van der Waals surface area contributed by atoms with E-state index in [9.17, 15) is 8.42 Å². The Kier molecular flexibility index (Phi) is 4.67. The van der Waals surface area contributed by atoms with E-state index in [0.29, 0.717) is 12.8 Å². The van der Waals surface area contributed by atoms with Crippen LogP contribution in [0.4, 0.5) is 0 Å². The fraction of sp³-hybridized carbons (Fsp3) is 0.417. The molecule has 9 heteroatoms. The fourth-order valence-electron chi connectivity index (χ4n) is 2.48. The molecule has 1 aliphatic rings. The number of sulfonamides is 1. The van der Waals surface area contributed by atoms with Gasteiger partial charge in [-0.1, -0.05) is 41.2 Å². The fourth-order valence-corrected chi connectivity index (χ4v) is 4.68. The minimum Gasteiger partial charge on any atom is -0.409 e. The molecule has 0 amide bonds. The molecule has 0 heterocycles. The Morgan fingerprint density at radius 2 is 1.95 bits per heavy atom. The molecule has 4 N–H and O–H groups in total. The van der Waals surface area contributed by atoms with Crippen LogP contribution in [-0.2, 0) is 10.0 Å². The largest absolute Gasteiger partial charge is 0.409 e. The highest BCUT2D eigenvalue weighted by atomic mass is 35.5. The SMILES string of the molecule is N/C(=N/O)C1(NS(=O)(=O)c2cc(Cl)ccc2Cl)CCCC1. The molecule has 1 aromatic carbocycles. The Balaban J connectivity index is 2.42. The lowest BCUT2D eigenvalue weighted by molar-refractivity contribution is 0.309. The molecule has 0 aliphatic heterocycles. The number of nitrogens with zero attached hydrogens (tertiary/aromatic N) is 1. The second kappa shape index (κ2) is 6.00. The number of oxime groups is 1. The summed E-state index contributed by atoms with van der Waals surface area (Å²) in [6, 6.07) is 4.17. The lowest BCUT2D eigenvalue weighted by Crippen LogP contribution is -2.55. The Labute approximate surface area is 133 Å². The number of hydrogen-bond acceptors (Lipinski definition) is 4. The summed E-state index contributed by atoms with van der Waals surface area (Å²) in [5, 5.41) is 12.2. The van der Waals surface area contributed by atoms with Gasteiger partial charge in [0, 0.05) is 5.02 Å². The Morgan fingerprint density at radius 1 is 1.33 bits per heavy atom. The Morgan fingerprint density at radius 3 is 2.52 bits per heavy atom. The lowest BCUT2D eigenvalue weighted by atomic mass is 9.98. The van der Waals surface area contributed by atoms with Gasteiger partial charge in [-0.05, 0) is 31.0 Å². The van der Waals surface area contributed by atoms with Crippen LogP contribution in [0.25, 0.3) is 0 Å². The molecule has 0 saturated heterocycles. The number of halogens is 2. The molecule has 0 aromatic heterocycles. The predicted octanol–water partition coefficient (Wildman–Crippen LogP) is 2.33. The molecular formula is C12H15Cl2N3O3S. The second-order valence-electron chi connectivity index (χ2n) is 4.95. The van der Waals surface area contributed by atoms with Crippen LogP contribution in [0.3, 0.4) is 0 Å². The van der Waals surface area contributed by atoms with Crippen LogP contribution >= 0.6 is 23.2 Å². The third-order valence-electron chi connectivity index (χ3n) is 3.57. The van der Waals surface area contributed by atoms with E-state index in [1.165, 1.54) is 18.2 Å². The first kappa shape index (κ1) is 16.4. The summed E-state index contributed by atoms with van der Waals surface area (Å²) in [5.74, 6) is -0.151. The molecule has 116 valence electrons. The summed E-state index contributed by atoms with van der Waals surface area (Å²) in [5.41, 5.74) is 4.60. The first-order valence-corrected chi connectivity index (χ1v) is 8.52. The third kappa shape index (κ3) is 3.26. The van der Waals surface area contributed by atoms with Gasteiger partial charge >= 0.3 is 0 Å². The first-order valence-electron chi connectivity index (χ1n) is 6.28. The molecule has 0 atom stereocenters. The van der Waals surface area contributed by atoms with Crippen LogP contribution in [0, 0.1) is 0 Å². The van der Waals surface area contributed by atoms with Crippen molar-refractivity contribution in [3.8, 4) is 0 Å².